The van der Waals surface area contributed by atoms with Crippen molar-refractivity contribution in [2.24, 2.45) is 5.41 Å². The van der Waals surface area contributed by atoms with Gasteiger partial charge in [0.1, 0.15) is 0 Å². The number of amides is 1. The lowest BCUT2D eigenvalue weighted by atomic mass is 9.87. The number of hydrogen-bond acceptors (Lipinski definition) is 3. The number of rotatable bonds is 8. The van der Waals surface area contributed by atoms with Crippen LogP contribution in [-0.2, 0) is 4.79 Å². The molecule has 4 heteroatoms. The molecule has 0 aromatic heterocycles. The van der Waals surface area contributed by atoms with Crippen molar-refractivity contribution in [3.05, 3.63) is 30.3 Å². The van der Waals surface area contributed by atoms with Crippen LogP contribution >= 0.6 is 0 Å². The first kappa shape index (κ1) is 17.5. The number of likely N-dealkylation sites (N-methyl/N-ethyl adjacent to an activating group) is 1. The Morgan fingerprint density at radius 3 is 2.48 bits per heavy atom. The Morgan fingerprint density at radius 1 is 1.33 bits per heavy atom. The molecule has 0 spiro atoms. The van der Waals surface area contributed by atoms with E-state index in [9.17, 15) is 9.90 Å². The molecule has 0 saturated heterocycles. The molecule has 1 unspecified atom stereocenters. The Morgan fingerprint density at radius 2 is 1.95 bits per heavy atom. The van der Waals surface area contributed by atoms with Crippen molar-refractivity contribution in [2.45, 2.75) is 40.2 Å². The van der Waals surface area contributed by atoms with Gasteiger partial charge in [-0.1, -0.05) is 32.0 Å². The maximum absolute atomic E-state index is 12.1. The van der Waals surface area contributed by atoms with Gasteiger partial charge in [0.2, 0.25) is 5.91 Å². The van der Waals surface area contributed by atoms with Crippen molar-refractivity contribution in [1.82, 2.24) is 5.32 Å². The van der Waals surface area contributed by atoms with Gasteiger partial charge in [0.15, 0.2) is 0 Å². The fraction of sp³-hybridized carbons (Fsp3) is 0.588. The second-order valence-corrected chi connectivity index (χ2v) is 6.34. The van der Waals surface area contributed by atoms with E-state index in [4.69, 9.17) is 0 Å². The molecular weight excluding hydrogens is 264 g/mol. The zero-order valence-electron chi connectivity index (χ0n) is 13.6. The van der Waals surface area contributed by atoms with Crippen LogP contribution in [0.5, 0.6) is 0 Å². The topological polar surface area (TPSA) is 52.6 Å². The van der Waals surface area contributed by atoms with E-state index in [1.165, 1.54) is 0 Å². The summed E-state index contributed by atoms with van der Waals surface area (Å²) >= 11 is 0. The second kappa shape index (κ2) is 8.03. The van der Waals surface area contributed by atoms with Gasteiger partial charge in [-0.25, -0.2) is 0 Å². The summed E-state index contributed by atoms with van der Waals surface area (Å²) in [6.45, 7) is 9.63. The molecule has 0 radical (unpaired) electrons. The predicted molar refractivity (Wildman–Crippen MR) is 87.4 cm³/mol. The number of carbonyl (C=O) groups excluding carboxylic acids is 1. The first-order chi connectivity index (χ1) is 9.84. The summed E-state index contributed by atoms with van der Waals surface area (Å²) in [4.78, 5) is 14.1. The predicted octanol–water partition coefficient (Wildman–Crippen LogP) is 2.43. The summed E-state index contributed by atoms with van der Waals surface area (Å²) in [6, 6.07) is 9.93. The van der Waals surface area contributed by atoms with Crippen LogP contribution < -0.4 is 10.2 Å². The molecule has 0 aliphatic heterocycles. The number of para-hydroxylation sites is 1. The molecule has 1 amide bonds. The Kier molecular flexibility index (Phi) is 6.69. The molecule has 118 valence electrons. The zero-order chi connectivity index (χ0) is 15.9. The van der Waals surface area contributed by atoms with E-state index in [-0.39, 0.29) is 17.4 Å². The molecule has 0 aliphatic rings. The van der Waals surface area contributed by atoms with Crippen LogP contribution in [0.3, 0.4) is 0 Å². The van der Waals surface area contributed by atoms with Crippen LogP contribution in [0.25, 0.3) is 0 Å². The summed E-state index contributed by atoms with van der Waals surface area (Å²) in [7, 11) is 0. The van der Waals surface area contributed by atoms with E-state index < -0.39 is 0 Å². The van der Waals surface area contributed by atoms with Crippen LogP contribution in [0.4, 0.5) is 5.69 Å². The third kappa shape index (κ3) is 6.63. The molecular formula is C17H28N2O2. The minimum atomic E-state index is -0.353. The van der Waals surface area contributed by atoms with Gasteiger partial charge in [-0.3, -0.25) is 4.79 Å². The van der Waals surface area contributed by atoms with Crippen LogP contribution in [0.15, 0.2) is 30.3 Å². The number of hydrogen-bond donors (Lipinski definition) is 2. The Balaban J connectivity index is 2.49. The van der Waals surface area contributed by atoms with E-state index in [1.54, 1.807) is 6.92 Å². The average molecular weight is 292 g/mol. The van der Waals surface area contributed by atoms with Crippen molar-refractivity contribution in [3.63, 3.8) is 0 Å². The third-order valence-electron chi connectivity index (χ3n) is 3.45. The van der Waals surface area contributed by atoms with Gasteiger partial charge < -0.3 is 15.3 Å². The fourth-order valence-corrected chi connectivity index (χ4v) is 2.46. The summed E-state index contributed by atoms with van der Waals surface area (Å²) < 4.78 is 0. The molecule has 21 heavy (non-hydrogen) atoms. The van der Waals surface area contributed by atoms with Crippen molar-refractivity contribution in [1.29, 1.82) is 0 Å². The highest BCUT2D eigenvalue weighted by Gasteiger charge is 2.21. The Labute approximate surface area is 128 Å². The highest BCUT2D eigenvalue weighted by molar-refractivity contribution is 5.81. The van der Waals surface area contributed by atoms with Gasteiger partial charge in [0.25, 0.3) is 0 Å². The number of nitrogens with one attached hydrogen (secondary N) is 1. The standard InChI is InChI=1S/C17H28N2O2/c1-5-19(15-9-7-6-8-10-15)12-16(21)18-13-17(3,4)11-14(2)20/h6-10,14,20H,5,11-13H2,1-4H3,(H,18,21). The fourth-order valence-electron chi connectivity index (χ4n) is 2.46. The van der Waals surface area contributed by atoms with E-state index in [0.717, 1.165) is 12.2 Å². The van der Waals surface area contributed by atoms with Gasteiger partial charge in [0, 0.05) is 18.8 Å². The van der Waals surface area contributed by atoms with Crippen molar-refractivity contribution in [2.75, 3.05) is 24.5 Å². The lowest BCUT2D eigenvalue weighted by molar-refractivity contribution is -0.120. The van der Waals surface area contributed by atoms with Gasteiger partial charge in [-0.2, -0.15) is 0 Å². The third-order valence-corrected chi connectivity index (χ3v) is 3.45. The first-order valence-corrected chi connectivity index (χ1v) is 7.59. The van der Waals surface area contributed by atoms with E-state index in [1.807, 2.05) is 42.2 Å². The molecule has 1 aromatic rings. The Bertz CT molecular complexity index is 430. The number of aliphatic hydroxyl groups excluding tert-OH is 1. The average Bonchev–Trinajstić information content (AvgIpc) is 2.42. The molecule has 0 aliphatic carbocycles. The van der Waals surface area contributed by atoms with Gasteiger partial charge in [-0.05, 0) is 37.8 Å². The van der Waals surface area contributed by atoms with Gasteiger partial charge >= 0.3 is 0 Å². The quantitative estimate of drug-likeness (QED) is 0.774. The van der Waals surface area contributed by atoms with Crippen LogP contribution in [-0.4, -0.2) is 36.8 Å². The minimum Gasteiger partial charge on any atom is -0.393 e. The maximum atomic E-state index is 12.1. The number of benzene rings is 1. The summed E-state index contributed by atoms with van der Waals surface area (Å²) in [5.41, 5.74) is 0.951. The number of nitrogens with zero attached hydrogens (tertiary/aromatic N) is 1. The van der Waals surface area contributed by atoms with Crippen molar-refractivity contribution >= 4 is 11.6 Å². The summed E-state index contributed by atoms with van der Waals surface area (Å²) in [6.07, 6.45) is 0.317. The maximum Gasteiger partial charge on any atom is 0.239 e. The number of anilines is 1. The molecule has 2 N–H and O–H groups in total. The minimum absolute atomic E-state index is 0.0133. The lowest BCUT2D eigenvalue weighted by Crippen LogP contribution is -2.41. The normalized spacial score (nSPS) is 12.8. The molecule has 0 bridgehead atoms. The highest BCUT2D eigenvalue weighted by atomic mass is 16.3. The van der Waals surface area contributed by atoms with E-state index >= 15 is 0 Å². The number of aliphatic hydroxyl groups is 1. The molecule has 1 atom stereocenters. The van der Waals surface area contributed by atoms with Crippen molar-refractivity contribution in [3.8, 4) is 0 Å². The van der Waals surface area contributed by atoms with Gasteiger partial charge in [-0.15, -0.1) is 0 Å². The number of carbonyl (C=O) groups is 1. The summed E-state index contributed by atoms with van der Waals surface area (Å²) in [5.74, 6) is 0.0133. The molecule has 1 aromatic carbocycles. The van der Waals surface area contributed by atoms with Gasteiger partial charge in [0.05, 0.1) is 12.6 Å². The SMILES string of the molecule is CCN(CC(=O)NCC(C)(C)CC(C)O)c1ccccc1. The molecule has 1 rings (SSSR count). The van der Waals surface area contributed by atoms with Crippen LogP contribution in [0.2, 0.25) is 0 Å². The molecule has 0 fully saturated rings. The van der Waals surface area contributed by atoms with E-state index in [0.29, 0.717) is 19.5 Å². The van der Waals surface area contributed by atoms with Crippen molar-refractivity contribution < 1.29 is 9.90 Å². The van der Waals surface area contributed by atoms with Crippen LogP contribution in [0, 0.1) is 5.41 Å². The zero-order valence-corrected chi connectivity index (χ0v) is 13.6. The second-order valence-electron chi connectivity index (χ2n) is 6.34. The van der Waals surface area contributed by atoms with E-state index in [2.05, 4.69) is 19.2 Å². The van der Waals surface area contributed by atoms with Crippen LogP contribution in [0.1, 0.15) is 34.1 Å². The Hall–Kier alpha value is -1.55. The monoisotopic (exact) mass is 292 g/mol. The highest BCUT2D eigenvalue weighted by Crippen LogP contribution is 2.21. The first-order valence-electron chi connectivity index (χ1n) is 7.59. The smallest absolute Gasteiger partial charge is 0.239 e. The molecule has 4 nitrogen and oxygen atoms in total. The summed E-state index contributed by atoms with van der Waals surface area (Å²) in [5, 5.41) is 12.4. The lowest BCUT2D eigenvalue weighted by Gasteiger charge is -2.28. The largest absolute Gasteiger partial charge is 0.393 e. The molecule has 0 heterocycles. The molecule has 0 saturated carbocycles.